The van der Waals surface area contributed by atoms with Crippen LogP contribution in [0.5, 0.6) is 0 Å². The van der Waals surface area contributed by atoms with E-state index in [1.165, 1.54) is 16.4 Å². The molecule has 2 N–H and O–H groups in total. The number of nitrogens with one attached hydrogen (secondary N) is 2. The maximum Gasteiger partial charge on any atom is 0.264 e. The molecule has 0 spiro atoms. The maximum atomic E-state index is 13.4. The Kier molecular flexibility index (Phi) is 4.87. The van der Waals surface area contributed by atoms with Gasteiger partial charge in [0, 0.05) is 18.7 Å². The lowest BCUT2D eigenvalue weighted by atomic mass is 9.98. The number of aryl methyl sites for hydroxylation is 1. The van der Waals surface area contributed by atoms with Gasteiger partial charge >= 0.3 is 0 Å². The molecule has 0 saturated carbocycles. The molecule has 0 aromatic heterocycles. The second-order valence-electron chi connectivity index (χ2n) is 7.06. The second-order valence-corrected chi connectivity index (χ2v) is 8.92. The summed E-state index contributed by atoms with van der Waals surface area (Å²) in [6.45, 7) is 3.72. The number of sulfonamides is 1. The third kappa shape index (κ3) is 3.51. The summed E-state index contributed by atoms with van der Waals surface area (Å²) in [5.74, 6) is -0.358. The van der Waals surface area contributed by atoms with Crippen molar-refractivity contribution >= 4 is 33.2 Å². The summed E-state index contributed by atoms with van der Waals surface area (Å²) in [5, 5.41) is 5.63. The first-order valence-corrected chi connectivity index (χ1v) is 10.8. The molecule has 0 fully saturated rings. The molecular formula is C21H21N3O4S. The first-order valence-electron chi connectivity index (χ1n) is 9.37. The average Bonchev–Trinajstić information content (AvgIpc) is 2.73. The van der Waals surface area contributed by atoms with Crippen LogP contribution in [0, 0.1) is 0 Å². The number of anilines is 2. The average molecular weight is 411 g/mol. The first-order chi connectivity index (χ1) is 13.9. The van der Waals surface area contributed by atoms with E-state index in [1.807, 2.05) is 12.1 Å². The highest BCUT2D eigenvalue weighted by Gasteiger charge is 2.34. The molecule has 150 valence electrons. The number of benzene rings is 2. The van der Waals surface area contributed by atoms with Gasteiger partial charge in [-0.25, -0.2) is 8.42 Å². The van der Waals surface area contributed by atoms with Crippen molar-refractivity contribution in [3.63, 3.8) is 0 Å². The molecule has 7 nitrogen and oxygen atoms in total. The Labute approximate surface area is 169 Å². The Bertz CT molecular complexity index is 1110. The Hall–Kier alpha value is -3.13. The van der Waals surface area contributed by atoms with Gasteiger partial charge in [-0.05, 0) is 54.3 Å². The van der Waals surface area contributed by atoms with Crippen molar-refractivity contribution in [2.24, 2.45) is 0 Å². The zero-order valence-corrected chi connectivity index (χ0v) is 16.5. The van der Waals surface area contributed by atoms with Crippen LogP contribution in [0.4, 0.5) is 11.4 Å². The molecule has 2 aromatic rings. The first kappa shape index (κ1) is 19.2. The van der Waals surface area contributed by atoms with Gasteiger partial charge in [0.25, 0.3) is 10.0 Å². The predicted molar refractivity (Wildman–Crippen MR) is 110 cm³/mol. The van der Waals surface area contributed by atoms with Gasteiger partial charge in [0.1, 0.15) is 0 Å². The fourth-order valence-electron chi connectivity index (χ4n) is 3.81. The van der Waals surface area contributed by atoms with Gasteiger partial charge < -0.3 is 10.6 Å². The van der Waals surface area contributed by atoms with Crippen molar-refractivity contribution in [1.82, 2.24) is 5.32 Å². The number of hydrogen-bond acceptors (Lipinski definition) is 4. The van der Waals surface area contributed by atoms with Crippen molar-refractivity contribution in [2.45, 2.75) is 30.2 Å². The lowest BCUT2D eigenvalue weighted by molar-refractivity contribution is -0.117. The van der Waals surface area contributed by atoms with Crippen molar-refractivity contribution in [2.75, 3.05) is 16.2 Å². The summed E-state index contributed by atoms with van der Waals surface area (Å²) in [4.78, 5) is 23.5. The summed E-state index contributed by atoms with van der Waals surface area (Å²) in [6.07, 6.45) is 2.51. The van der Waals surface area contributed by atoms with Gasteiger partial charge in [0.05, 0.1) is 16.6 Å². The fraction of sp³-hybridized carbons (Fsp3) is 0.238. The Balaban J connectivity index is 1.70. The molecule has 0 saturated heterocycles. The number of amides is 2. The normalized spacial score (nSPS) is 18.3. The number of hydrogen-bond donors (Lipinski definition) is 2. The van der Waals surface area contributed by atoms with Crippen LogP contribution in [0.1, 0.15) is 30.0 Å². The number of rotatable bonds is 4. The van der Waals surface area contributed by atoms with Crippen molar-refractivity contribution in [3.05, 3.63) is 66.2 Å². The second kappa shape index (κ2) is 7.36. The van der Waals surface area contributed by atoms with E-state index in [-0.39, 0.29) is 29.3 Å². The summed E-state index contributed by atoms with van der Waals surface area (Å²) in [5.41, 5.74) is 2.78. The molecule has 1 unspecified atom stereocenters. The van der Waals surface area contributed by atoms with E-state index in [0.717, 1.165) is 11.1 Å². The topological polar surface area (TPSA) is 95.6 Å². The minimum atomic E-state index is -3.79. The van der Waals surface area contributed by atoms with Gasteiger partial charge in [0.15, 0.2) is 0 Å². The summed E-state index contributed by atoms with van der Waals surface area (Å²) in [7, 11) is -3.79. The highest BCUT2D eigenvalue weighted by molar-refractivity contribution is 7.92. The highest BCUT2D eigenvalue weighted by Crippen LogP contribution is 2.37. The lowest BCUT2D eigenvalue weighted by Crippen LogP contribution is -2.40. The molecule has 0 radical (unpaired) electrons. The van der Waals surface area contributed by atoms with E-state index >= 15 is 0 Å². The molecular weight excluding hydrogens is 390 g/mol. The van der Waals surface area contributed by atoms with Gasteiger partial charge in [-0.1, -0.05) is 24.8 Å². The number of para-hydroxylation sites is 1. The quantitative estimate of drug-likeness (QED) is 0.756. The van der Waals surface area contributed by atoms with E-state index in [9.17, 15) is 18.0 Å². The molecule has 2 amide bonds. The SMILES string of the molecule is C=CC(=O)NC1CCN(S(=O)(=O)c2ccc3c(c2)CCC(=O)N3)c2ccccc21. The molecule has 29 heavy (non-hydrogen) atoms. The third-order valence-electron chi connectivity index (χ3n) is 5.26. The fourth-order valence-corrected chi connectivity index (χ4v) is 5.37. The summed E-state index contributed by atoms with van der Waals surface area (Å²) in [6, 6.07) is 11.7. The Morgan fingerprint density at radius 1 is 1.21 bits per heavy atom. The largest absolute Gasteiger partial charge is 0.346 e. The standard InChI is InChI=1S/C21H21N3O4S/c1-2-20(25)23-18-11-12-24(19-6-4-3-5-16(18)19)29(27,28)15-8-9-17-14(13-15)7-10-21(26)22-17/h2-6,8-9,13,18H,1,7,10-12H2,(H,22,26)(H,23,25). The number of nitrogens with zero attached hydrogens (tertiary/aromatic N) is 1. The monoisotopic (exact) mass is 411 g/mol. The molecule has 2 aromatic carbocycles. The smallest absolute Gasteiger partial charge is 0.264 e. The van der Waals surface area contributed by atoms with Crippen molar-refractivity contribution in [3.8, 4) is 0 Å². The van der Waals surface area contributed by atoms with Crippen LogP contribution < -0.4 is 14.9 Å². The van der Waals surface area contributed by atoms with Crippen LogP contribution >= 0.6 is 0 Å². The van der Waals surface area contributed by atoms with Crippen molar-refractivity contribution < 1.29 is 18.0 Å². The minimum absolute atomic E-state index is 0.0642. The highest BCUT2D eigenvalue weighted by atomic mass is 32.2. The Morgan fingerprint density at radius 3 is 2.79 bits per heavy atom. The van der Waals surface area contributed by atoms with E-state index < -0.39 is 10.0 Å². The van der Waals surface area contributed by atoms with Crippen LogP contribution in [0.25, 0.3) is 0 Å². The lowest BCUT2D eigenvalue weighted by Gasteiger charge is -2.35. The van der Waals surface area contributed by atoms with E-state index in [2.05, 4.69) is 17.2 Å². The van der Waals surface area contributed by atoms with Crippen LogP contribution in [0.15, 0.2) is 60.0 Å². The molecule has 2 heterocycles. The number of fused-ring (bicyclic) bond motifs is 2. The van der Waals surface area contributed by atoms with E-state index in [0.29, 0.717) is 30.6 Å². The van der Waals surface area contributed by atoms with Gasteiger partial charge in [-0.15, -0.1) is 0 Å². The van der Waals surface area contributed by atoms with Crippen LogP contribution in [-0.2, 0) is 26.0 Å². The van der Waals surface area contributed by atoms with Gasteiger partial charge in [-0.3, -0.25) is 13.9 Å². The third-order valence-corrected chi connectivity index (χ3v) is 7.07. The van der Waals surface area contributed by atoms with E-state index in [1.54, 1.807) is 24.3 Å². The zero-order valence-electron chi connectivity index (χ0n) is 15.7. The maximum absolute atomic E-state index is 13.4. The number of carbonyl (C=O) groups excluding carboxylic acids is 2. The van der Waals surface area contributed by atoms with E-state index in [4.69, 9.17) is 0 Å². The minimum Gasteiger partial charge on any atom is -0.346 e. The molecule has 4 rings (SSSR count). The molecule has 2 aliphatic rings. The zero-order chi connectivity index (χ0) is 20.6. The number of carbonyl (C=O) groups is 2. The summed E-state index contributed by atoms with van der Waals surface area (Å²) < 4.78 is 28.2. The predicted octanol–water partition coefficient (Wildman–Crippen LogP) is 2.51. The summed E-state index contributed by atoms with van der Waals surface area (Å²) >= 11 is 0. The van der Waals surface area contributed by atoms with Crippen LogP contribution in [-0.4, -0.2) is 26.8 Å². The van der Waals surface area contributed by atoms with Gasteiger partial charge in [-0.2, -0.15) is 0 Å². The molecule has 8 heteroatoms. The Morgan fingerprint density at radius 2 is 2.00 bits per heavy atom. The van der Waals surface area contributed by atoms with Crippen molar-refractivity contribution in [1.29, 1.82) is 0 Å². The van der Waals surface area contributed by atoms with Gasteiger partial charge in [0.2, 0.25) is 11.8 Å². The van der Waals surface area contributed by atoms with Crippen LogP contribution in [0.2, 0.25) is 0 Å². The molecule has 1 atom stereocenters. The molecule has 0 aliphatic carbocycles. The van der Waals surface area contributed by atoms with Crippen LogP contribution in [0.3, 0.4) is 0 Å². The molecule has 2 aliphatic heterocycles. The molecule has 0 bridgehead atoms.